The van der Waals surface area contributed by atoms with E-state index in [2.05, 4.69) is 11.1 Å². The second-order valence-corrected chi connectivity index (χ2v) is 9.10. The summed E-state index contributed by atoms with van der Waals surface area (Å²) in [5.74, 6) is -0.125. The van der Waals surface area contributed by atoms with Crippen molar-refractivity contribution in [2.45, 2.75) is 32.0 Å². The molecule has 1 heterocycles. The first-order chi connectivity index (χ1) is 17.1. The number of hydrogen-bond acceptors (Lipinski definition) is 3. The third-order valence-electron chi connectivity index (χ3n) is 6.08. The minimum atomic E-state index is -4.71. The molecule has 3 aromatic rings. The number of carbonyl (C=O) groups is 1. The Bertz CT molecular complexity index is 1320. The van der Waals surface area contributed by atoms with Crippen LogP contribution in [0, 0.1) is 6.92 Å². The van der Waals surface area contributed by atoms with Gasteiger partial charge >= 0.3 is 6.18 Å². The molecule has 8 heteroatoms. The molecule has 0 aromatic heterocycles. The lowest BCUT2D eigenvalue weighted by Crippen LogP contribution is -2.30. The maximum atomic E-state index is 13.3. The number of likely N-dealkylation sites (tertiary alicyclic amines) is 1. The minimum absolute atomic E-state index is 0.0102. The van der Waals surface area contributed by atoms with Crippen LogP contribution in [0.4, 0.5) is 18.9 Å². The lowest BCUT2D eigenvalue weighted by atomic mass is 10.0. The fourth-order valence-electron chi connectivity index (χ4n) is 4.26. The lowest BCUT2D eigenvalue weighted by molar-refractivity contribution is -0.0925. The predicted molar refractivity (Wildman–Crippen MR) is 137 cm³/mol. The van der Waals surface area contributed by atoms with Gasteiger partial charge in [-0.2, -0.15) is 13.2 Å². The van der Waals surface area contributed by atoms with Crippen LogP contribution < -0.4 is 5.73 Å². The highest BCUT2D eigenvalue weighted by atomic mass is 35.5. The highest BCUT2D eigenvalue weighted by molar-refractivity contribution is 6.33. The molecule has 1 atom stereocenters. The summed E-state index contributed by atoms with van der Waals surface area (Å²) in [7, 11) is 0. The summed E-state index contributed by atoms with van der Waals surface area (Å²) in [5, 5.41) is 0.289. The van der Waals surface area contributed by atoms with Gasteiger partial charge in [-0.15, -0.1) is 0 Å². The third kappa shape index (κ3) is 5.79. The van der Waals surface area contributed by atoms with E-state index in [4.69, 9.17) is 17.3 Å². The van der Waals surface area contributed by atoms with Gasteiger partial charge in [-0.3, -0.25) is 4.79 Å². The van der Waals surface area contributed by atoms with Gasteiger partial charge in [-0.05, 0) is 55.7 Å². The number of alkyl halides is 3. The molecule has 2 N–H and O–H groups in total. The van der Waals surface area contributed by atoms with Crippen LogP contribution in [0.1, 0.15) is 45.9 Å². The Morgan fingerprint density at radius 3 is 2.42 bits per heavy atom. The highest BCUT2D eigenvalue weighted by Gasteiger charge is 2.32. The van der Waals surface area contributed by atoms with Gasteiger partial charge in [-0.1, -0.05) is 65.7 Å². The Hall–Kier alpha value is -3.58. The van der Waals surface area contributed by atoms with Crippen LogP contribution in [0.15, 0.2) is 89.6 Å². The Balaban J connectivity index is 1.65. The van der Waals surface area contributed by atoms with E-state index in [9.17, 15) is 18.0 Å². The zero-order valence-corrected chi connectivity index (χ0v) is 20.4. The molecule has 1 fully saturated rings. The van der Waals surface area contributed by atoms with Crippen LogP contribution >= 0.6 is 11.6 Å². The van der Waals surface area contributed by atoms with Crippen molar-refractivity contribution < 1.29 is 18.0 Å². The average Bonchev–Trinajstić information content (AvgIpc) is 3.34. The molecule has 186 valence electrons. The van der Waals surface area contributed by atoms with Gasteiger partial charge in [-0.25, -0.2) is 4.99 Å². The van der Waals surface area contributed by atoms with Gasteiger partial charge in [0.25, 0.3) is 5.91 Å². The fourth-order valence-corrected chi connectivity index (χ4v) is 4.44. The number of halogens is 4. The van der Waals surface area contributed by atoms with E-state index in [1.54, 1.807) is 48.5 Å². The molecule has 1 saturated heterocycles. The Labute approximate surface area is 212 Å². The van der Waals surface area contributed by atoms with Crippen molar-refractivity contribution >= 4 is 28.9 Å². The number of allylic oxidation sites excluding steroid dienone is 2. The lowest BCUT2D eigenvalue weighted by Gasteiger charge is -2.25. The molecule has 4 nitrogen and oxygen atoms in total. The molecule has 0 saturated carbocycles. The van der Waals surface area contributed by atoms with Crippen LogP contribution in [0.25, 0.3) is 0 Å². The van der Waals surface area contributed by atoms with Gasteiger partial charge in [0.15, 0.2) is 0 Å². The number of rotatable bonds is 5. The van der Waals surface area contributed by atoms with E-state index in [0.717, 1.165) is 30.0 Å². The number of aryl methyl sites for hydroxylation is 1. The summed E-state index contributed by atoms with van der Waals surface area (Å²) in [6, 6.07) is 21.0. The SMILES string of the molecule is Cc1cccc(C2CCCN2C(=O)c2ccc(C(C=C(N)C(F)(F)F)=Nc3ccccc3Cl)cc2)c1. The Kier molecular flexibility index (Phi) is 7.50. The van der Waals surface area contributed by atoms with Crippen LogP contribution in [0.2, 0.25) is 5.02 Å². The quantitative estimate of drug-likeness (QED) is 0.370. The monoisotopic (exact) mass is 511 g/mol. The van der Waals surface area contributed by atoms with Crippen molar-refractivity contribution in [1.82, 2.24) is 4.90 Å². The number of hydrogen-bond donors (Lipinski definition) is 1. The topological polar surface area (TPSA) is 58.7 Å². The summed E-state index contributed by atoms with van der Waals surface area (Å²) in [6.07, 6.45) is -2.16. The second kappa shape index (κ2) is 10.6. The van der Waals surface area contributed by atoms with Crippen molar-refractivity contribution in [3.63, 3.8) is 0 Å². The predicted octanol–water partition coefficient (Wildman–Crippen LogP) is 7.15. The number of nitrogens with zero attached hydrogens (tertiary/aromatic N) is 2. The zero-order valence-electron chi connectivity index (χ0n) is 19.6. The number of benzene rings is 3. The summed E-state index contributed by atoms with van der Waals surface area (Å²) >= 11 is 6.16. The van der Waals surface area contributed by atoms with Crippen LogP contribution in [-0.4, -0.2) is 29.2 Å². The van der Waals surface area contributed by atoms with Crippen molar-refractivity contribution in [3.05, 3.63) is 112 Å². The summed E-state index contributed by atoms with van der Waals surface area (Å²) in [6.45, 7) is 2.66. The summed E-state index contributed by atoms with van der Waals surface area (Å²) < 4.78 is 39.5. The molecule has 36 heavy (non-hydrogen) atoms. The number of aliphatic imine (C=N–C) groups is 1. The maximum Gasteiger partial charge on any atom is 0.430 e. The van der Waals surface area contributed by atoms with Crippen molar-refractivity contribution in [2.75, 3.05) is 6.54 Å². The van der Waals surface area contributed by atoms with E-state index in [1.165, 1.54) is 0 Å². The number of amides is 1. The first-order valence-corrected chi connectivity index (χ1v) is 11.9. The first-order valence-electron chi connectivity index (χ1n) is 11.5. The summed E-state index contributed by atoms with van der Waals surface area (Å²) in [4.78, 5) is 19.5. The van der Waals surface area contributed by atoms with Crippen molar-refractivity contribution in [2.24, 2.45) is 10.7 Å². The molecule has 1 aliphatic heterocycles. The molecule has 4 rings (SSSR count). The van der Waals surface area contributed by atoms with Gasteiger partial charge in [0, 0.05) is 17.7 Å². The average molecular weight is 512 g/mol. The third-order valence-corrected chi connectivity index (χ3v) is 6.40. The molecular weight excluding hydrogens is 487 g/mol. The highest BCUT2D eigenvalue weighted by Crippen LogP contribution is 2.34. The van der Waals surface area contributed by atoms with E-state index in [1.807, 2.05) is 30.0 Å². The number of carbonyl (C=O) groups excluding carboxylic acids is 1. The molecule has 0 bridgehead atoms. The number of nitrogens with two attached hydrogens (primary N) is 1. The molecule has 0 aliphatic carbocycles. The first kappa shape index (κ1) is 25.5. The van der Waals surface area contributed by atoms with Gasteiger partial charge < -0.3 is 10.6 Å². The van der Waals surface area contributed by atoms with Gasteiger partial charge in [0.2, 0.25) is 0 Å². The maximum absolute atomic E-state index is 13.3. The zero-order chi connectivity index (χ0) is 25.9. The normalized spacial score (nSPS) is 16.9. The minimum Gasteiger partial charge on any atom is -0.395 e. The van der Waals surface area contributed by atoms with E-state index in [-0.39, 0.29) is 22.7 Å². The van der Waals surface area contributed by atoms with E-state index >= 15 is 0 Å². The molecule has 1 unspecified atom stereocenters. The van der Waals surface area contributed by atoms with Gasteiger partial charge in [0.05, 0.1) is 22.5 Å². The van der Waals surface area contributed by atoms with Gasteiger partial charge in [0.1, 0.15) is 5.70 Å². The van der Waals surface area contributed by atoms with Crippen molar-refractivity contribution in [3.8, 4) is 0 Å². The Morgan fingerprint density at radius 2 is 1.75 bits per heavy atom. The van der Waals surface area contributed by atoms with Crippen LogP contribution in [-0.2, 0) is 0 Å². The molecule has 3 aromatic carbocycles. The van der Waals surface area contributed by atoms with Crippen LogP contribution in [0.3, 0.4) is 0 Å². The second-order valence-electron chi connectivity index (χ2n) is 8.69. The smallest absolute Gasteiger partial charge is 0.395 e. The summed E-state index contributed by atoms with van der Waals surface area (Å²) in [5.41, 5.74) is 7.33. The number of para-hydroxylation sites is 1. The molecular formula is C28H25ClF3N3O. The largest absolute Gasteiger partial charge is 0.430 e. The molecule has 0 spiro atoms. The molecule has 0 radical (unpaired) electrons. The van der Waals surface area contributed by atoms with E-state index < -0.39 is 11.9 Å². The molecule has 1 aliphatic rings. The Morgan fingerprint density at radius 1 is 1.06 bits per heavy atom. The fraction of sp³-hybridized carbons (Fsp3) is 0.214. The molecule has 1 amide bonds. The van der Waals surface area contributed by atoms with Crippen molar-refractivity contribution in [1.29, 1.82) is 0 Å². The van der Waals surface area contributed by atoms with Crippen LogP contribution in [0.5, 0.6) is 0 Å². The van der Waals surface area contributed by atoms with E-state index in [0.29, 0.717) is 23.4 Å². The standard InChI is InChI=1S/C28H25ClF3N3O/c1-18-6-4-7-21(16-18)25-10-5-15-35(25)27(36)20-13-11-19(12-14-20)24(17-26(33)28(30,31)32)34-23-9-3-2-8-22(23)29/h2-4,6-9,11-14,16-17,25H,5,10,15,33H2,1H3.